The molecule has 2 aromatic heterocycles. The first-order chi connectivity index (χ1) is 28.7. The molecule has 9 aromatic rings. The maximum atomic E-state index is 5.36. The van der Waals surface area contributed by atoms with Gasteiger partial charge in [-0.3, -0.25) is 4.98 Å². The summed E-state index contributed by atoms with van der Waals surface area (Å²) in [6, 6.07) is 57.1. The Morgan fingerprint density at radius 3 is 2.00 bits per heavy atom. The van der Waals surface area contributed by atoms with Gasteiger partial charge in [0.25, 0.3) is 0 Å². The van der Waals surface area contributed by atoms with E-state index in [1.807, 2.05) is 18.5 Å². The quantitative estimate of drug-likeness (QED) is 0.159. The number of rotatable bonds is 6. The summed E-state index contributed by atoms with van der Waals surface area (Å²) in [5.74, 6) is 1.03. The Hall–Kier alpha value is -7.23. The van der Waals surface area contributed by atoms with E-state index in [0.717, 1.165) is 53.2 Å². The predicted octanol–water partition coefficient (Wildman–Crippen LogP) is 13.9. The zero-order valence-electron chi connectivity index (χ0n) is 32.0. The summed E-state index contributed by atoms with van der Waals surface area (Å²) < 4.78 is 0. The molecule has 274 valence electrons. The maximum absolute atomic E-state index is 5.36. The molecule has 1 unspecified atom stereocenters. The Balaban J connectivity index is 1.07. The van der Waals surface area contributed by atoms with Gasteiger partial charge >= 0.3 is 0 Å². The fourth-order valence-electron chi connectivity index (χ4n) is 9.16. The second-order valence-corrected chi connectivity index (χ2v) is 15.4. The van der Waals surface area contributed by atoms with Crippen LogP contribution in [0.15, 0.2) is 188 Å². The average Bonchev–Trinajstić information content (AvgIpc) is 3.30. The van der Waals surface area contributed by atoms with Gasteiger partial charge < -0.3 is 0 Å². The van der Waals surface area contributed by atoms with Gasteiger partial charge in [-0.1, -0.05) is 158 Å². The number of hydrogen-bond donors (Lipinski definition) is 0. The first-order valence-corrected chi connectivity index (χ1v) is 20.2. The number of fused-ring (bicyclic) bond motifs is 4. The van der Waals surface area contributed by atoms with E-state index >= 15 is 0 Å². The highest BCUT2D eigenvalue weighted by atomic mass is 14.9. The van der Waals surface area contributed by atoms with Crippen LogP contribution in [0.2, 0.25) is 0 Å². The second kappa shape index (κ2) is 14.4. The van der Waals surface area contributed by atoms with Crippen molar-refractivity contribution in [3.8, 4) is 33.6 Å². The Kier molecular flexibility index (Phi) is 8.44. The van der Waals surface area contributed by atoms with Gasteiger partial charge in [-0.15, -0.1) is 0 Å². The third-order valence-corrected chi connectivity index (χ3v) is 12.0. The molecule has 3 heteroatoms. The molecule has 1 atom stereocenters. The van der Waals surface area contributed by atoms with E-state index in [9.17, 15) is 0 Å². The predicted molar refractivity (Wildman–Crippen MR) is 242 cm³/mol. The molecule has 58 heavy (non-hydrogen) atoms. The molecule has 0 radical (unpaired) electrons. The second-order valence-electron chi connectivity index (χ2n) is 15.4. The Morgan fingerprint density at radius 2 is 1.22 bits per heavy atom. The van der Waals surface area contributed by atoms with E-state index < -0.39 is 0 Å². The van der Waals surface area contributed by atoms with Crippen LogP contribution < -0.4 is 0 Å². The van der Waals surface area contributed by atoms with Crippen LogP contribution in [0.4, 0.5) is 0 Å². The van der Waals surface area contributed by atoms with Crippen LogP contribution in [-0.4, -0.2) is 15.0 Å². The van der Waals surface area contributed by atoms with Crippen molar-refractivity contribution in [3.05, 3.63) is 216 Å². The van der Waals surface area contributed by atoms with Gasteiger partial charge in [-0.2, -0.15) is 0 Å². The summed E-state index contributed by atoms with van der Waals surface area (Å²) in [4.78, 5) is 15.1. The molecular formula is C55H39N3. The molecule has 0 fully saturated rings. The number of benzene rings is 7. The largest absolute Gasteiger partial charge is 0.264 e. The SMILES string of the molecule is C1=CC(c2cccnc2)CC=C1c1cc(C2=Cc3ccccc3CC2)nc(-c2cccc(-c3c4ccccc4c(-c4cccc5ccccc45)c4ccccc34)c2)n1. The van der Waals surface area contributed by atoms with E-state index in [-0.39, 0.29) is 0 Å². The minimum absolute atomic E-state index is 0.295. The smallest absolute Gasteiger partial charge is 0.160 e. The molecule has 0 amide bonds. The van der Waals surface area contributed by atoms with Crippen LogP contribution in [-0.2, 0) is 6.42 Å². The molecule has 3 nitrogen and oxygen atoms in total. The number of allylic oxidation sites excluding steroid dienone is 5. The van der Waals surface area contributed by atoms with Crippen molar-refractivity contribution in [2.45, 2.75) is 25.2 Å². The van der Waals surface area contributed by atoms with Gasteiger partial charge in [0.05, 0.1) is 11.4 Å². The molecule has 2 heterocycles. The fourth-order valence-corrected chi connectivity index (χ4v) is 9.16. The molecule has 0 bridgehead atoms. The van der Waals surface area contributed by atoms with Crippen LogP contribution in [0.1, 0.15) is 46.8 Å². The third-order valence-electron chi connectivity index (χ3n) is 12.0. The normalized spacial score (nSPS) is 15.0. The number of pyridine rings is 1. The van der Waals surface area contributed by atoms with Crippen molar-refractivity contribution >= 4 is 49.5 Å². The highest BCUT2D eigenvalue weighted by molar-refractivity contribution is 6.23. The van der Waals surface area contributed by atoms with Crippen molar-refractivity contribution in [3.63, 3.8) is 0 Å². The van der Waals surface area contributed by atoms with E-state index in [1.165, 1.54) is 71.3 Å². The van der Waals surface area contributed by atoms with E-state index in [2.05, 4.69) is 181 Å². The lowest BCUT2D eigenvalue weighted by Gasteiger charge is -2.20. The number of aromatic nitrogens is 3. The summed E-state index contributed by atoms with van der Waals surface area (Å²) in [5, 5.41) is 7.43. The molecule has 0 saturated heterocycles. The van der Waals surface area contributed by atoms with Crippen LogP contribution >= 0.6 is 0 Å². The van der Waals surface area contributed by atoms with Gasteiger partial charge in [0.15, 0.2) is 5.82 Å². The summed E-state index contributed by atoms with van der Waals surface area (Å²) in [6.07, 6.45) is 15.8. The van der Waals surface area contributed by atoms with Crippen LogP contribution in [0.25, 0.3) is 83.2 Å². The summed E-state index contributed by atoms with van der Waals surface area (Å²) in [5.41, 5.74) is 14.1. The Bertz CT molecular complexity index is 3090. The van der Waals surface area contributed by atoms with Crippen molar-refractivity contribution in [1.29, 1.82) is 0 Å². The van der Waals surface area contributed by atoms with Crippen molar-refractivity contribution < 1.29 is 0 Å². The topological polar surface area (TPSA) is 38.7 Å². The molecular weight excluding hydrogens is 703 g/mol. The van der Waals surface area contributed by atoms with E-state index in [1.54, 1.807) is 0 Å². The number of hydrogen-bond acceptors (Lipinski definition) is 3. The number of nitrogens with zero attached hydrogens (tertiary/aromatic N) is 3. The van der Waals surface area contributed by atoms with Crippen LogP contribution in [0.5, 0.6) is 0 Å². The lowest BCUT2D eigenvalue weighted by Crippen LogP contribution is -2.05. The first-order valence-electron chi connectivity index (χ1n) is 20.2. The third kappa shape index (κ3) is 6.04. The van der Waals surface area contributed by atoms with Crippen LogP contribution in [0, 0.1) is 0 Å². The average molecular weight is 742 g/mol. The lowest BCUT2D eigenvalue weighted by atomic mass is 9.84. The molecule has 0 aliphatic heterocycles. The molecule has 0 spiro atoms. The molecule has 0 N–H and O–H groups in total. The molecule has 2 aliphatic rings. The summed E-state index contributed by atoms with van der Waals surface area (Å²) >= 11 is 0. The van der Waals surface area contributed by atoms with Gasteiger partial charge in [0.2, 0.25) is 0 Å². The van der Waals surface area contributed by atoms with Crippen molar-refractivity contribution in [2.75, 3.05) is 0 Å². The standard InChI is InChI=1S/C55H39N3/c1-2-14-40-32-41(30-27-36(40)12-1)52-34-51(39-28-25-37(26-29-39)44-18-11-31-56-35-44)57-55(58-52)43-17-9-16-42(33-43)53-47-20-5-7-22-49(47)54(50-23-8-6-21-48(50)53)46-24-10-15-38-13-3-4-19-45(38)46/h1-25,28-29,31-35,37H,26-27,30H2. The lowest BCUT2D eigenvalue weighted by molar-refractivity contribution is 0.848. The fraction of sp³-hybridized carbons (Fsp3) is 0.0727. The van der Waals surface area contributed by atoms with Crippen LogP contribution in [0.3, 0.4) is 0 Å². The highest BCUT2D eigenvalue weighted by Gasteiger charge is 2.21. The monoisotopic (exact) mass is 741 g/mol. The molecule has 0 saturated carbocycles. The molecule has 2 aliphatic carbocycles. The highest BCUT2D eigenvalue weighted by Crippen LogP contribution is 2.46. The Labute approximate surface area is 338 Å². The van der Waals surface area contributed by atoms with Gasteiger partial charge in [0.1, 0.15) is 0 Å². The molecule has 7 aromatic carbocycles. The van der Waals surface area contributed by atoms with Gasteiger partial charge in [-0.25, -0.2) is 9.97 Å². The van der Waals surface area contributed by atoms with E-state index in [4.69, 9.17) is 9.97 Å². The zero-order valence-corrected chi connectivity index (χ0v) is 32.0. The van der Waals surface area contributed by atoms with Gasteiger partial charge in [0, 0.05) is 23.9 Å². The molecule has 11 rings (SSSR count). The zero-order chi connectivity index (χ0) is 38.4. The summed E-state index contributed by atoms with van der Waals surface area (Å²) in [7, 11) is 0. The van der Waals surface area contributed by atoms with Crippen molar-refractivity contribution in [2.24, 2.45) is 0 Å². The van der Waals surface area contributed by atoms with Crippen molar-refractivity contribution in [1.82, 2.24) is 15.0 Å². The Morgan fingerprint density at radius 1 is 0.534 bits per heavy atom. The maximum Gasteiger partial charge on any atom is 0.160 e. The van der Waals surface area contributed by atoms with Gasteiger partial charge in [-0.05, 0) is 126 Å². The number of aryl methyl sites for hydroxylation is 1. The minimum Gasteiger partial charge on any atom is -0.264 e. The summed E-state index contributed by atoms with van der Waals surface area (Å²) in [6.45, 7) is 0. The first kappa shape index (κ1) is 34.1. The van der Waals surface area contributed by atoms with E-state index in [0.29, 0.717) is 5.92 Å². The minimum atomic E-state index is 0.295.